The van der Waals surface area contributed by atoms with Gasteiger partial charge in [0.15, 0.2) is 0 Å². The number of hydrogen-bond acceptors (Lipinski definition) is 3. The fourth-order valence-corrected chi connectivity index (χ4v) is 7.15. The first kappa shape index (κ1) is 31.8. The zero-order chi connectivity index (χ0) is 30.8. The maximum Gasteiger partial charge on any atom is 0.416 e. The Hall–Kier alpha value is -2.59. The van der Waals surface area contributed by atoms with Gasteiger partial charge in [-0.15, -0.1) is 0 Å². The highest BCUT2D eigenvalue weighted by molar-refractivity contribution is 5.79. The van der Waals surface area contributed by atoms with Gasteiger partial charge < -0.3 is 14.7 Å². The molecule has 3 saturated heterocycles. The van der Waals surface area contributed by atoms with E-state index in [1.54, 1.807) is 4.90 Å². The zero-order valence-corrected chi connectivity index (χ0v) is 24.7. The Labute approximate surface area is 250 Å². The minimum Gasteiger partial charge on any atom is -0.341 e. The second-order valence-corrected chi connectivity index (χ2v) is 12.7. The molecule has 3 heterocycles. The van der Waals surface area contributed by atoms with Gasteiger partial charge in [0.2, 0.25) is 5.91 Å². The summed E-state index contributed by atoms with van der Waals surface area (Å²) in [6.07, 6.45) is -2.69. The molecule has 0 spiro atoms. The first-order valence-corrected chi connectivity index (χ1v) is 15.4. The Morgan fingerprint density at radius 1 is 0.837 bits per heavy atom. The predicted molar refractivity (Wildman–Crippen MR) is 154 cm³/mol. The van der Waals surface area contributed by atoms with Gasteiger partial charge in [0.25, 0.3) is 0 Å². The van der Waals surface area contributed by atoms with Crippen molar-refractivity contribution in [3.8, 4) is 0 Å². The molecule has 3 aliphatic heterocycles. The molecule has 1 unspecified atom stereocenters. The van der Waals surface area contributed by atoms with E-state index in [9.17, 15) is 31.1 Å². The van der Waals surface area contributed by atoms with Crippen molar-refractivity contribution in [3.05, 3.63) is 70.3 Å². The summed E-state index contributed by atoms with van der Waals surface area (Å²) < 4.78 is 80.3. The second kappa shape index (κ2) is 12.8. The molecule has 4 nitrogen and oxygen atoms in total. The number of nitrogens with zero attached hydrogens (tertiary/aromatic N) is 3. The van der Waals surface area contributed by atoms with Gasteiger partial charge in [-0.05, 0) is 107 Å². The molecule has 3 fully saturated rings. The van der Waals surface area contributed by atoms with Crippen LogP contribution in [0.1, 0.15) is 72.8 Å². The van der Waals surface area contributed by atoms with Crippen LogP contribution in [0.25, 0.3) is 0 Å². The zero-order valence-electron chi connectivity index (χ0n) is 24.7. The van der Waals surface area contributed by atoms with Crippen LogP contribution in [0.2, 0.25) is 0 Å². The number of halogens is 6. The molecule has 43 heavy (non-hydrogen) atoms. The van der Waals surface area contributed by atoms with E-state index in [0.29, 0.717) is 37.7 Å². The van der Waals surface area contributed by atoms with E-state index in [0.717, 1.165) is 50.0 Å². The predicted octanol–water partition coefficient (Wildman–Crippen LogP) is 7.09. The summed E-state index contributed by atoms with van der Waals surface area (Å²) in [5.74, 6) is -0.455. The SMILES string of the molecule is Cc1ccc(C2(CCN3CCC(N4CCCCC4)CC3)CCN(C(=O)Cc3cc(C(F)(F)F)cc(C(F)(F)F)c3)C2)cc1. The molecular formula is C33H41F6N3O. The Bertz CT molecular complexity index is 1210. The van der Waals surface area contributed by atoms with Gasteiger partial charge in [0, 0.05) is 24.5 Å². The second-order valence-electron chi connectivity index (χ2n) is 12.7. The number of likely N-dealkylation sites (tertiary alicyclic amines) is 3. The van der Waals surface area contributed by atoms with Crippen LogP contribution in [-0.2, 0) is 29.0 Å². The Morgan fingerprint density at radius 3 is 2.02 bits per heavy atom. The van der Waals surface area contributed by atoms with E-state index < -0.39 is 35.8 Å². The van der Waals surface area contributed by atoms with Crippen molar-refractivity contribution < 1.29 is 31.1 Å². The normalized spacial score (nSPS) is 23.2. The average Bonchev–Trinajstić information content (AvgIpc) is 3.42. The smallest absolute Gasteiger partial charge is 0.341 e. The van der Waals surface area contributed by atoms with Crippen LogP contribution in [0.15, 0.2) is 42.5 Å². The molecule has 0 radical (unpaired) electrons. The molecule has 0 bridgehead atoms. The van der Waals surface area contributed by atoms with Crippen molar-refractivity contribution in [2.24, 2.45) is 0 Å². The molecule has 0 aliphatic carbocycles. The highest BCUT2D eigenvalue weighted by Crippen LogP contribution is 2.40. The molecule has 0 N–H and O–H groups in total. The third-order valence-corrected chi connectivity index (χ3v) is 9.74. The van der Waals surface area contributed by atoms with Gasteiger partial charge in [-0.2, -0.15) is 26.3 Å². The first-order valence-electron chi connectivity index (χ1n) is 15.4. The summed E-state index contributed by atoms with van der Waals surface area (Å²) in [5.41, 5.74) is -1.16. The van der Waals surface area contributed by atoms with Gasteiger partial charge >= 0.3 is 12.4 Å². The third-order valence-electron chi connectivity index (χ3n) is 9.74. The highest BCUT2D eigenvalue weighted by atomic mass is 19.4. The Balaban J connectivity index is 1.27. The number of piperidine rings is 2. The molecule has 1 amide bonds. The van der Waals surface area contributed by atoms with Gasteiger partial charge in [-0.3, -0.25) is 4.79 Å². The maximum atomic E-state index is 13.4. The largest absolute Gasteiger partial charge is 0.416 e. The van der Waals surface area contributed by atoms with E-state index in [1.807, 2.05) is 19.1 Å². The molecule has 0 aromatic heterocycles. The Morgan fingerprint density at radius 2 is 1.44 bits per heavy atom. The van der Waals surface area contributed by atoms with E-state index in [2.05, 4.69) is 21.9 Å². The Kier molecular flexibility index (Phi) is 9.47. The summed E-state index contributed by atoms with van der Waals surface area (Å²) in [7, 11) is 0. The maximum absolute atomic E-state index is 13.4. The lowest BCUT2D eigenvalue weighted by molar-refractivity contribution is -0.143. The van der Waals surface area contributed by atoms with Gasteiger partial charge in [-0.25, -0.2) is 0 Å². The molecular weight excluding hydrogens is 568 g/mol. The lowest BCUT2D eigenvalue weighted by Crippen LogP contribution is -2.47. The highest BCUT2D eigenvalue weighted by Gasteiger charge is 2.42. The number of alkyl halides is 6. The fourth-order valence-electron chi connectivity index (χ4n) is 7.15. The minimum atomic E-state index is -4.95. The van der Waals surface area contributed by atoms with Crippen LogP contribution < -0.4 is 0 Å². The van der Waals surface area contributed by atoms with Gasteiger partial charge in [0.1, 0.15) is 0 Å². The van der Waals surface area contributed by atoms with Crippen LogP contribution in [0.4, 0.5) is 26.3 Å². The quantitative estimate of drug-likeness (QED) is 0.314. The standard InChI is InChI=1S/C33H41F6N3O/c1-24-5-7-26(8-6-24)31(11-17-40-15-9-29(10-16-40)41-13-3-2-4-14-41)12-18-42(23-31)30(43)21-25-19-27(32(34,35)36)22-28(20-25)33(37,38)39/h5-8,19-20,22,29H,2-4,9-18,21,23H2,1H3. The lowest BCUT2D eigenvalue weighted by atomic mass is 9.76. The summed E-state index contributed by atoms with van der Waals surface area (Å²) in [6.45, 7) is 8.16. The molecule has 10 heteroatoms. The van der Waals surface area contributed by atoms with Crippen molar-refractivity contribution in [2.75, 3.05) is 45.8 Å². The number of hydrogen-bond donors (Lipinski definition) is 0. The number of rotatable bonds is 7. The van der Waals surface area contributed by atoms with E-state index in [1.165, 1.54) is 32.4 Å². The molecule has 236 valence electrons. The van der Waals surface area contributed by atoms with Crippen molar-refractivity contribution in [1.29, 1.82) is 0 Å². The van der Waals surface area contributed by atoms with Crippen molar-refractivity contribution >= 4 is 5.91 Å². The number of carbonyl (C=O) groups is 1. The topological polar surface area (TPSA) is 26.8 Å². The molecule has 3 aliphatic rings. The van der Waals surface area contributed by atoms with Crippen LogP contribution in [0, 0.1) is 6.92 Å². The van der Waals surface area contributed by atoms with Crippen LogP contribution in [-0.4, -0.2) is 72.5 Å². The van der Waals surface area contributed by atoms with Gasteiger partial charge in [-0.1, -0.05) is 36.2 Å². The summed E-state index contributed by atoms with van der Waals surface area (Å²) in [6, 6.07) is 10.3. The van der Waals surface area contributed by atoms with Crippen molar-refractivity contribution in [1.82, 2.24) is 14.7 Å². The summed E-state index contributed by atoms with van der Waals surface area (Å²) >= 11 is 0. The van der Waals surface area contributed by atoms with E-state index >= 15 is 0 Å². The van der Waals surface area contributed by atoms with Crippen molar-refractivity contribution in [2.45, 2.75) is 82.1 Å². The monoisotopic (exact) mass is 609 g/mol. The molecule has 2 aromatic carbocycles. The van der Waals surface area contributed by atoms with Crippen LogP contribution >= 0.6 is 0 Å². The number of aryl methyl sites for hydroxylation is 1. The lowest BCUT2D eigenvalue weighted by Gasteiger charge is -2.41. The fraction of sp³-hybridized carbons (Fsp3) is 0.606. The molecule has 1 atom stereocenters. The minimum absolute atomic E-state index is 0.0988. The van der Waals surface area contributed by atoms with Crippen LogP contribution in [0.5, 0.6) is 0 Å². The van der Waals surface area contributed by atoms with Crippen molar-refractivity contribution in [3.63, 3.8) is 0 Å². The third kappa shape index (κ3) is 7.74. The van der Waals surface area contributed by atoms with Crippen LogP contribution in [0.3, 0.4) is 0 Å². The summed E-state index contributed by atoms with van der Waals surface area (Å²) in [4.78, 5) is 20.1. The average molecular weight is 610 g/mol. The first-order chi connectivity index (χ1) is 20.3. The van der Waals surface area contributed by atoms with Gasteiger partial charge in [0.05, 0.1) is 17.5 Å². The molecule has 2 aromatic rings. The number of amides is 1. The number of carbonyl (C=O) groups excluding carboxylic acids is 1. The molecule has 0 saturated carbocycles. The molecule has 5 rings (SSSR count). The number of benzene rings is 2. The van der Waals surface area contributed by atoms with E-state index in [-0.39, 0.29) is 17.0 Å². The van der Waals surface area contributed by atoms with E-state index in [4.69, 9.17) is 0 Å². The summed E-state index contributed by atoms with van der Waals surface area (Å²) in [5, 5.41) is 0.